The van der Waals surface area contributed by atoms with Gasteiger partial charge in [-0.2, -0.15) is 12.8 Å². The predicted molar refractivity (Wildman–Crippen MR) is 102 cm³/mol. The Bertz CT molecular complexity index is 1230. The molecule has 4 rings (SSSR count). The van der Waals surface area contributed by atoms with Gasteiger partial charge in [-0.15, -0.1) is 0 Å². The lowest BCUT2D eigenvalue weighted by atomic mass is 9.94. The van der Waals surface area contributed by atoms with Crippen LogP contribution in [0.25, 0.3) is 10.8 Å². The van der Waals surface area contributed by atoms with Crippen molar-refractivity contribution >= 4 is 43.9 Å². The van der Waals surface area contributed by atoms with Crippen LogP contribution in [0.1, 0.15) is 15.9 Å². The lowest BCUT2D eigenvalue weighted by Crippen LogP contribution is -2.16. The molecule has 26 heavy (non-hydrogen) atoms. The van der Waals surface area contributed by atoms with Gasteiger partial charge in [-0.3, -0.25) is 4.79 Å². The minimum atomic E-state index is -3.96. The molecule has 0 unspecified atom stereocenters. The Labute approximate surface area is 155 Å². The van der Waals surface area contributed by atoms with Crippen molar-refractivity contribution in [3.63, 3.8) is 0 Å². The van der Waals surface area contributed by atoms with Gasteiger partial charge in [0, 0.05) is 11.1 Å². The molecule has 128 valence electrons. The van der Waals surface area contributed by atoms with E-state index >= 15 is 0 Å². The van der Waals surface area contributed by atoms with E-state index in [2.05, 4.69) is 4.40 Å². The summed E-state index contributed by atoms with van der Waals surface area (Å²) in [6.07, 6.45) is 1.30. The number of carbonyl (C=O) groups is 1. The quantitative estimate of drug-likeness (QED) is 0.663. The Kier molecular flexibility index (Phi) is 3.98. The van der Waals surface area contributed by atoms with Gasteiger partial charge in [-0.1, -0.05) is 66.2 Å². The van der Waals surface area contributed by atoms with E-state index in [0.29, 0.717) is 11.1 Å². The Morgan fingerprint density at radius 1 is 0.808 bits per heavy atom. The standard InChI is InChI=1S/C20H12ClNO3S/c21-18-12-19(16-7-3-4-8-17(16)20(18)23)22-26(24,25)15-10-9-13-5-1-2-6-14(13)11-15/h1-12H/b22-19-. The Morgan fingerprint density at radius 2 is 1.46 bits per heavy atom. The third-order valence-corrected chi connectivity index (χ3v) is 5.73. The number of halogens is 1. The zero-order chi connectivity index (χ0) is 18.3. The van der Waals surface area contributed by atoms with Crippen LogP contribution in [0.3, 0.4) is 0 Å². The first-order valence-corrected chi connectivity index (χ1v) is 9.62. The normalized spacial score (nSPS) is 15.8. The van der Waals surface area contributed by atoms with Gasteiger partial charge < -0.3 is 0 Å². The topological polar surface area (TPSA) is 63.6 Å². The number of allylic oxidation sites excluding steroid dienone is 2. The summed E-state index contributed by atoms with van der Waals surface area (Å²) < 4.78 is 29.5. The summed E-state index contributed by atoms with van der Waals surface area (Å²) in [5.74, 6) is -0.343. The van der Waals surface area contributed by atoms with Crippen LogP contribution in [0.15, 0.2) is 87.1 Å². The number of sulfonamides is 1. The molecule has 1 aliphatic carbocycles. The first-order chi connectivity index (χ1) is 12.5. The molecule has 0 fully saturated rings. The fourth-order valence-corrected chi connectivity index (χ4v) is 4.12. The molecule has 0 aliphatic heterocycles. The van der Waals surface area contributed by atoms with Crippen molar-refractivity contribution in [3.8, 4) is 0 Å². The molecular formula is C20H12ClNO3S. The summed E-state index contributed by atoms with van der Waals surface area (Å²) >= 11 is 5.98. The van der Waals surface area contributed by atoms with E-state index in [-0.39, 0.29) is 21.4 Å². The molecule has 1 aliphatic rings. The van der Waals surface area contributed by atoms with Gasteiger partial charge in [-0.25, -0.2) is 0 Å². The van der Waals surface area contributed by atoms with Crippen LogP contribution in [0, 0.1) is 0 Å². The van der Waals surface area contributed by atoms with Crippen molar-refractivity contribution in [2.24, 2.45) is 4.40 Å². The number of carbonyl (C=O) groups excluding carboxylic acids is 1. The first kappa shape index (κ1) is 16.7. The van der Waals surface area contributed by atoms with E-state index in [0.717, 1.165) is 10.8 Å². The van der Waals surface area contributed by atoms with E-state index in [4.69, 9.17) is 11.6 Å². The number of Topliss-reactive ketones (excluding diaryl/α,β-unsaturated/α-hetero) is 1. The number of hydrogen-bond donors (Lipinski definition) is 0. The zero-order valence-electron chi connectivity index (χ0n) is 13.4. The second kappa shape index (κ2) is 6.20. The van der Waals surface area contributed by atoms with Gasteiger partial charge in [0.2, 0.25) is 5.78 Å². The minimum absolute atomic E-state index is 0.0591. The molecule has 0 aromatic heterocycles. The van der Waals surface area contributed by atoms with Crippen molar-refractivity contribution in [2.75, 3.05) is 0 Å². The summed E-state index contributed by atoms with van der Waals surface area (Å²) in [5, 5.41) is 1.69. The molecule has 0 N–H and O–H groups in total. The highest BCUT2D eigenvalue weighted by molar-refractivity contribution is 7.90. The lowest BCUT2D eigenvalue weighted by molar-refractivity contribution is 0.104. The smallest absolute Gasteiger partial charge is 0.282 e. The summed E-state index contributed by atoms with van der Waals surface area (Å²) in [7, 11) is -3.96. The van der Waals surface area contributed by atoms with Gasteiger partial charge in [0.1, 0.15) is 0 Å². The van der Waals surface area contributed by atoms with E-state index in [1.165, 1.54) is 12.1 Å². The van der Waals surface area contributed by atoms with Crippen LogP contribution in [0.2, 0.25) is 0 Å². The lowest BCUT2D eigenvalue weighted by Gasteiger charge is -2.14. The van der Waals surface area contributed by atoms with E-state index < -0.39 is 10.0 Å². The highest BCUT2D eigenvalue weighted by atomic mass is 35.5. The highest BCUT2D eigenvalue weighted by Gasteiger charge is 2.25. The molecule has 0 atom stereocenters. The average Bonchev–Trinajstić information content (AvgIpc) is 2.65. The average molecular weight is 382 g/mol. The largest absolute Gasteiger partial charge is 0.288 e. The fourth-order valence-electron chi connectivity index (χ4n) is 2.88. The third-order valence-electron chi connectivity index (χ3n) is 4.17. The molecule has 0 saturated carbocycles. The van der Waals surface area contributed by atoms with Crippen LogP contribution in [-0.4, -0.2) is 19.9 Å². The SMILES string of the molecule is O=C1C(Cl)=C/C(=N/S(=O)(=O)c2ccc3ccccc3c2)c2ccccc21. The minimum Gasteiger partial charge on any atom is -0.288 e. The maximum atomic E-state index is 12.8. The van der Waals surface area contributed by atoms with Crippen LogP contribution >= 0.6 is 11.6 Å². The molecule has 0 amide bonds. The summed E-state index contributed by atoms with van der Waals surface area (Å²) in [6.45, 7) is 0. The highest BCUT2D eigenvalue weighted by Crippen LogP contribution is 2.26. The van der Waals surface area contributed by atoms with E-state index in [9.17, 15) is 13.2 Å². The van der Waals surface area contributed by atoms with Crippen molar-refractivity contribution in [3.05, 3.63) is 89.0 Å². The van der Waals surface area contributed by atoms with Crippen LogP contribution in [0.4, 0.5) is 0 Å². The number of benzene rings is 3. The molecule has 0 radical (unpaired) electrons. The van der Waals surface area contributed by atoms with Gasteiger partial charge >= 0.3 is 0 Å². The summed E-state index contributed by atoms with van der Waals surface area (Å²) in [4.78, 5) is 12.2. The fraction of sp³-hybridized carbons (Fsp3) is 0. The van der Waals surface area contributed by atoms with E-state index in [1.807, 2.05) is 24.3 Å². The second-order valence-corrected chi connectivity index (χ2v) is 7.84. The Morgan fingerprint density at radius 3 is 2.23 bits per heavy atom. The zero-order valence-corrected chi connectivity index (χ0v) is 15.0. The molecular weight excluding hydrogens is 370 g/mol. The van der Waals surface area contributed by atoms with Crippen molar-refractivity contribution in [1.82, 2.24) is 0 Å². The molecule has 0 heterocycles. The number of hydrogen-bond acceptors (Lipinski definition) is 3. The van der Waals surface area contributed by atoms with Crippen molar-refractivity contribution in [2.45, 2.75) is 4.90 Å². The van der Waals surface area contributed by atoms with Gasteiger partial charge in [0.05, 0.1) is 15.6 Å². The third kappa shape index (κ3) is 2.85. The summed E-state index contributed by atoms with van der Waals surface area (Å²) in [6, 6.07) is 19.0. The molecule has 0 saturated heterocycles. The number of rotatable bonds is 2. The summed E-state index contributed by atoms with van der Waals surface area (Å²) in [5.41, 5.74) is 0.942. The second-order valence-electron chi connectivity index (χ2n) is 5.83. The molecule has 0 spiro atoms. The van der Waals surface area contributed by atoms with Gasteiger partial charge in [0.15, 0.2) is 0 Å². The number of fused-ring (bicyclic) bond motifs is 2. The predicted octanol–water partition coefficient (Wildman–Crippen LogP) is 4.34. The molecule has 3 aromatic rings. The molecule has 6 heteroatoms. The van der Waals surface area contributed by atoms with Gasteiger partial charge in [-0.05, 0) is 29.0 Å². The number of ketones is 1. The Hall–Kier alpha value is -2.76. The molecule has 0 bridgehead atoms. The maximum Gasteiger partial charge on any atom is 0.282 e. The van der Waals surface area contributed by atoms with Crippen LogP contribution in [-0.2, 0) is 10.0 Å². The van der Waals surface area contributed by atoms with Crippen molar-refractivity contribution in [1.29, 1.82) is 0 Å². The van der Waals surface area contributed by atoms with Crippen molar-refractivity contribution < 1.29 is 13.2 Å². The Balaban J connectivity index is 1.87. The maximum absolute atomic E-state index is 12.8. The van der Waals surface area contributed by atoms with E-state index in [1.54, 1.807) is 36.4 Å². The van der Waals surface area contributed by atoms with Crippen LogP contribution < -0.4 is 0 Å². The molecule has 3 aromatic carbocycles. The monoisotopic (exact) mass is 381 g/mol. The van der Waals surface area contributed by atoms with Crippen LogP contribution in [0.5, 0.6) is 0 Å². The van der Waals surface area contributed by atoms with Gasteiger partial charge in [0.25, 0.3) is 10.0 Å². The number of nitrogens with zero attached hydrogens (tertiary/aromatic N) is 1. The first-order valence-electron chi connectivity index (χ1n) is 7.81. The molecule has 4 nitrogen and oxygen atoms in total.